The summed E-state index contributed by atoms with van der Waals surface area (Å²) in [6, 6.07) is 16.1. The number of carbonyl (C=O) groups excluding carboxylic acids is 1. The van der Waals surface area contributed by atoms with Crippen LogP contribution in [0.25, 0.3) is 11.0 Å². The van der Waals surface area contributed by atoms with Gasteiger partial charge in [0.15, 0.2) is 5.16 Å². The molecule has 3 aromatic rings. The molecule has 2 N–H and O–H groups in total. The first-order valence-corrected chi connectivity index (χ1v) is 11.8. The number of nitrogens with one attached hydrogen (secondary N) is 2. The van der Waals surface area contributed by atoms with E-state index in [1.807, 2.05) is 55.5 Å². The van der Waals surface area contributed by atoms with E-state index in [0.29, 0.717) is 6.61 Å². The van der Waals surface area contributed by atoms with E-state index in [2.05, 4.69) is 10.3 Å². The van der Waals surface area contributed by atoms with Crippen LogP contribution in [0.2, 0.25) is 0 Å². The van der Waals surface area contributed by atoms with Gasteiger partial charge in [0.2, 0.25) is 5.91 Å². The van der Waals surface area contributed by atoms with E-state index in [4.69, 9.17) is 9.72 Å². The molecule has 1 aliphatic carbocycles. The van der Waals surface area contributed by atoms with E-state index in [1.165, 1.54) is 37.4 Å². The summed E-state index contributed by atoms with van der Waals surface area (Å²) < 4.78 is 5.59. The average molecular weight is 424 g/mol. The summed E-state index contributed by atoms with van der Waals surface area (Å²) in [6.07, 6.45) is 7.07. The van der Waals surface area contributed by atoms with Gasteiger partial charge in [-0.1, -0.05) is 67.8 Å². The maximum Gasteiger partial charge on any atom is 0.238 e. The van der Waals surface area contributed by atoms with Gasteiger partial charge in [-0.15, -0.1) is 0 Å². The second-order valence-corrected chi connectivity index (χ2v) is 8.85. The average Bonchev–Trinajstić information content (AvgIpc) is 2.98. The Morgan fingerprint density at radius 2 is 1.93 bits per heavy atom. The van der Waals surface area contributed by atoms with Crippen LogP contribution < -0.4 is 10.1 Å². The molecule has 1 fully saturated rings. The molecule has 0 aliphatic heterocycles. The van der Waals surface area contributed by atoms with Crippen molar-refractivity contribution in [3.05, 3.63) is 54.1 Å². The van der Waals surface area contributed by atoms with E-state index in [1.54, 1.807) is 0 Å². The summed E-state index contributed by atoms with van der Waals surface area (Å²) >= 11 is 1.47. The molecule has 30 heavy (non-hydrogen) atoms. The van der Waals surface area contributed by atoms with Crippen molar-refractivity contribution in [2.45, 2.75) is 61.9 Å². The van der Waals surface area contributed by atoms with Crippen LogP contribution in [0, 0.1) is 0 Å². The van der Waals surface area contributed by atoms with Crippen molar-refractivity contribution in [2.24, 2.45) is 0 Å². The fraction of sp³-hybridized carbons (Fsp3) is 0.417. The van der Waals surface area contributed by atoms with Gasteiger partial charge in [-0.25, -0.2) is 4.98 Å². The van der Waals surface area contributed by atoms with Crippen molar-refractivity contribution in [1.82, 2.24) is 15.3 Å². The maximum atomic E-state index is 13.3. The first-order chi connectivity index (χ1) is 14.7. The quantitative estimate of drug-likeness (QED) is 0.381. The molecule has 4 rings (SSSR count). The second-order valence-electron chi connectivity index (χ2n) is 7.76. The Balaban J connectivity index is 1.55. The van der Waals surface area contributed by atoms with Gasteiger partial charge in [-0.05, 0) is 37.5 Å². The SMILES string of the molecule is CCOc1ccc2nc(S[C@H](C(=O)NC3CCCCCC3)c3ccccc3)[nH]c2c1. The Labute approximate surface area is 182 Å². The van der Waals surface area contributed by atoms with E-state index in [-0.39, 0.29) is 17.2 Å². The molecule has 2 aromatic carbocycles. The number of ether oxygens (including phenoxy) is 1. The Bertz CT molecular complexity index is 965. The Morgan fingerprint density at radius 3 is 2.67 bits per heavy atom. The Morgan fingerprint density at radius 1 is 1.17 bits per heavy atom. The van der Waals surface area contributed by atoms with Gasteiger partial charge < -0.3 is 15.0 Å². The van der Waals surface area contributed by atoms with E-state index < -0.39 is 0 Å². The summed E-state index contributed by atoms with van der Waals surface area (Å²) in [5.41, 5.74) is 2.78. The minimum Gasteiger partial charge on any atom is -0.494 e. The highest BCUT2D eigenvalue weighted by Gasteiger charge is 2.26. The normalized spacial score (nSPS) is 16.2. The minimum atomic E-state index is -0.346. The molecular formula is C24H29N3O2S. The molecule has 1 atom stereocenters. The molecule has 0 bridgehead atoms. The molecule has 0 spiro atoms. The summed E-state index contributed by atoms with van der Waals surface area (Å²) in [4.78, 5) is 21.3. The number of carbonyl (C=O) groups is 1. The molecule has 1 aromatic heterocycles. The number of aromatic amines is 1. The third-order valence-corrected chi connectivity index (χ3v) is 6.65. The van der Waals surface area contributed by atoms with Gasteiger partial charge in [0.1, 0.15) is 11.0 Å². The predicted octanol–water partition coefficient (Wildman–Crippen LogP) is 5.63. The standard InChI is InChI=1S/C24H29N3O2S/c1-2-29-19-14-15-20-21(16-19)27-24(26-20)30-22(17-10-6-5-7-11-17)23(28)25-18-12-8-3-4-9-13-18/h5-7,10-11,14-16,18,22H,2-4,8-9,12-13H2,1H3,(H,25,28)(H,26,27)/t22-/m0/s1. The van der Waals surface area contributed by atoms with Crippen molar-refractivity contribution in [2.75, 3.05) is 6.61 Å². The van der Waals surface area contributed by atoms with E-state index >= 15 is 0 Å². The highest BCUT2D eigenvalue weighted by molar-refractivity contribution is 8.00. The number of hydrogen-bond donors (Lipinski definition) is 2. The van der Waals surface area contributed by atoms with Crippen LogP contribution in [0.3, 0.4) is 0 Å². The minimum absolute atomic E-state index is 0.0635. The molecule has 0 radical (unpaired) electrons. The number of rotatable bonds is 7. The molecule has 0 unspecified atom stereocenters. The van der Waals surface area contributed by atoms with Crippen LogP contribution in [0.4, 0.5) is 0 Å². The van der Waals surface area contributed by atoms with Gasteiger partial charge in [-0.2, -0.15) is 0 Å². The maximum absolute atomic E-state index is 13.3. The molecule has 5 nitrogen and oxygen atoms in total. The first-order valence-electron chi connectivity index (χ1n) is 10.9. The van der Waals surface area contributed by atoms with Gasteiger partial charge in [0, 0.05) is 12.1 Å². The second kappa shape index (κ2) is 10.0. The zero-order valence-electron chi connectivity index (χ0n) is 17.4. The van der Waals surface area contributed by atoms with Crippen LogP contribution in [0.5, 0.6) is 5.75 Å². The summed E-state index contributed by atoms with van der Waals surface area (Å²) in [7, 11) is 0. The first kappa shape index (κ1) is 20.8. The number of hydrogen-bond acceptors (Lipinski definition) is 4. The molecule has 1 aliphatic rings. The lowest BCUT2D eigenvalue weighted by Crippen LogP contribution is -2.37. The number of aromatic nitrogens is 2. The van der Waals surface area contributed by atoms with Gasteiger partial charge in [-0.3, -0.25) is 4.79 Å². The smallest absolute Gasteiger partial charge is 0.238 e. The monoisotopic (exact) mass is 423 g/mol. The lowest BCUT2D eigenvalue weighted by Gasteiger charge is -2.21. The number of amides is 1. The third kappa shape index (κ3) is 5.17. The van der Waals surface area contributed by atoms with Gasteiger partial charge in [0.05, 0.1) is 17.6 Å². The highest BCUT2D eigenvalue weighted by atomic mass is 32.2. The fourth-order valence-electron chi connectivity index (χ4n) is 3.99. The molecule has 1 saturated carbocycles. The molecule has 1 amide bonds. The zero-order valence-corrected chi connectivity index (χ0v) is 18.2. The molecule has 6 heteroatoms. The van der Waals surface area contributed by atoms with E-state index in [0.717, 1.165) is 40.3 Å². The summed E-state index contributed by atoms with van der Waals surface area (Å²) in [5, 5.41) is 3.71. The number of nitrogens with zero attached hydrogens (tertiary/aromatic N) is 1. The number of H-pyrrole nitrogens is 1. The van der Waals surface area contributed by atoms with Crippen LogP contribution in [-0.2, 0) is 4.79 Å². The van der Waals surface area contributed by atoms with Crippen molar-refractivity contribution in [3.63, 3.8) is 0 Å². The van der Waals surface area contributed by atoms with Crippen LogP contribution in [0.15, 0.2) is 53.7 Å². The molecular weight excluding hydrogens is 394 g/mol. The van der Waals surface area contributed by atoms with E-state index in [9.17, 15) is 4.79 Å². The molecule has 158 valence electrons. The lowest BCUT2D eigenvalue weighted by molar-refractivity contribution is -0.121. The number of imidazole rings is 1. The summed E-state index contributed by atoms with van der Waals surface area (Å²) in [5.74, 6) is 0.879. The fourth-order valence-corrected chi connectivity index (χ4v) is 5.00. The van der Waals surface area contributed by atoms with Crippen molar-refractivity contribution < 1.29 is 9.53 Å². The van der Waals surface area contributed by atoms with Crippen molar-refractivity contribution in [3.8, 4) is 5.75 Å². The number of fused-ring (bicyclic) bond motifs is 1. The topological polar surface area (TPSA) is 67.0 Å². The predicted molar refractivity (Wildman–Crippen MR) is 122 cm³/mol. The summed E-state index contributed by atoms with van der Waals surface area (Å²) in [6.45, 7) is 2.59. The lowest BCUT2D eigenvalue weighted by atomic mass is 10.1. The van der Waals surface area contributed by atoms with Crippen LogP contribution in [0.1, 0.15) is 56.3 Å². The zero-order chi connectivity index (χ0) is 20.8. The Kier molecular flexibility index (Phi) is 6.95. The van der Waals surface area contributed by atoms with Crippen molar-refractivity contribution in [1.29, 1.82) is 0 Å². The molecule has 0 saturated heterocycles. The van der Waals surface area contributed by atoms with Crippen molar-refractivity contribution >= 4 is 28.7 Å². The third-order valence-electron chi connectivity index (χ3n) is 5.51. The Hall–Kier alpha value is -2.47. The number of benzene rings is 2. The van der Waals surface area contributed by atoms with Gasteiger partial charge in [0.25, 0.3) is 0 Å². The number of thioether (sulfide) groups is 1. The van der Waals surface area contributed by atoms with Crippen LogP contribution in [-0.4, -0.2) is 28.5 Å². The van der Waals surface area contributed by atoms with Crippen LogP contribution >= 0.6 is 11.8 Å². The molecule has 1 heterocycles. The van der Waals surface area contributed by atoms with Gasteiger partial charge >= 0.3 is 0 Å². The highest BCUT2D eigenvalue weighted by Crippen LogP contribution is 2.35. The largest absolute Gasteiger partial charge is 0.494 e.